The van der Waals surface area contributed by atoms with E-state index in [1.165, 1.54) is 0 Å². The van der Waals surface area contributed by atoms with Crippen LogP contribution in [0.5, 0.6) is 0 Å². The zero-order chi connectivity index (χ0) is 13.8. The first-order valence-electron chi connectivity index (χ1n) is 6.23. The van der Waals surface area contributed by atoms with Crippen LogP contribution in [-0.4, -0.2) is 53.7 Å². The van der Waals surface area contributed by atoms with E-state index in [4.69, 9.17) is 5.11 Å². The van der Waals surface area contributed by atoms with E-state index in [0.29, 0.717) is 12.5 Å². The predicted octanol–water partition coefficient (Wildman–Crippen LogP) is 0.444. The van der Waals surface area contributed by atoms with Crippen molar-refractivity contribution in [1.29, 1.82) is 0 Å². The van der Waals surface area contributed by atoms with Crippen LogP contribution in [0.2, 0.25) is 0 Å². The van der Waals surface area contributed by atoms with Crippen molar-refractivity contribution in [3.8, 4) is 0 Å². The van der Waals surface area contributed by atoms with E-state index in [2.05, 4.69) is 26.9 Å². The lowest BCUT2D eigenvalue weighted by Crippen LogP contribution is -2.36. The molecule has 104 valence electrons. The quantitative estimate of drug-likeness (QED) is 0.822. The summed E-state index contributed by atoms with van der Waals surface area (Å²) in [6.07, 6.45) is 2.10. The van der Waals surface area contributed by atoms with Crippen LogP contribution < -0.4 is 5.32 Å². The van der Waals surface area contributed by atoms with Crippen LogP contribution in [0.1, 0.15) is 33.9 Å². The number of amides is 1. The van der Waals surface area contributed by atoms with Crippen molar-refractivity contribution in [1.82, 2.24) is 15.4 Å². The van der Waals surface area contributed by atoms with Gasteiger partial charge in [-0.05, 0) is 38.9 Å². The average Bonchev–Trinajstić information content (AvgIpc) is 2.87. The van der Waals surface area contributed by atoms with Crippen molar-refractivity contribution in [2.75, 3.05) is 26.7 Å². The van der Waals surface area contributed by atoms with Gasteiger partial charge in [0.2, 0.25) is 5.76 Å². The minimum Gasteiger partial charge on any atom is -0.475 e. The van der Waals surface area contributed by atoms with Crippen molar-refractivity contribution in [2.24, 2.45) is 5.92 Å². The van der Waals surface area contributed by atoms with Gasteiger partial charge >= 0.3 is 5.97 Å². The fourth-order valence-corrected chi connectivity index (χ4v) is 2.08. The molecule has 1 aliphatic rings. The maximum Gasteiger partial charge on any atom is 0.374 e. The second-order valence-corrected chi connectivity index (χ2v) is 4.84. The number of aromatic carboxylic acids is 1. The largest absolute Gasteiger partial charge is 0.475 e. The van der Waals surface area contributed by atoms with Crippen LogP contribution in [0.3, 0.4) is 0 Å². The fourth-order valence-electron chi connectivity index (χ4n) is 2.08. The maximum absolute atomic E-state index is 11.8. The highest BCUT2D eigenvalue weighted by Gasteiger charge is 2.20. The summed E-state index contributed by atoms with van der Waals surface area (Å²) in [4.78, 5) is 24.6. The molecular weight excluding hydrogens is 250 g/mol. The van der Waals surface area contributed by atoms with Gasteiger partial charge in [0.1, 0.15) is 0 Å². The number of aromatic nitrogens is 1. The van der Waals surface area contributed by atoms with E-state index in [1.807, 2.05) is 0 Å². The summed E-state index contributed by atoms with van der Waals surface area (Å²) in [7, 11) is 2.08. The molecule has 0 aliphatic carbocycles. The van der Waals surface area contributed by atoms with Gasteiger partial charge in [-0.15, -0.1) is 0 Å². The van der Waals surface area contributed by atoms with Crippen LogP contribution in [0.25, 0.3) is 0 Å². The molecule has 1 saturated heterocycles. The first kappa shape index (κ1) is 13.5. The number of carboxylic acid groups (broad SMARTS) is 1. The van der Waals surface area contributed by atoms with Crippen molar-refractivity contribution in [3.05, 3.63) is 17.5 Å². The highest BCUT2D eigenvalue weighted by molar-refractivity contribution is 5.94. The monoisotopic (exact) mass is 267 g/mol. The molecule has 0 saturated carbocycles. The van der Waals surface area contributed by atoms with Crippen LogP contribution >= 0.6 is 0 Å². The molecule has 2 N–H and O–H groups in total. The lowest BCUT2D eigenvalue weighted by Gasteiger charge is -2.28. The third kappa shape index (κ3) is 3.54. The van der Waals surface area contributed by atoms with Crippen LogP contribution in [0.4, 0.5) is 0 Å². The molecule has 0 spiro atoms. The molecule has 1 amide bonds. The van der Waals surface area contributed by atoms with Gasteiger partial charge in [-0.1, -0.05) is 5.16 Å². The topological polar surface area (TPSA) is 95.7 Å². The summed E-state index contributed by atoms with van der Waals surface area (Å²) in [6.45, 7) is 2.66. The van der Waals surface area contributed by atoms with Gasteiger partial charge in [0.15, 0.2) is 5.69 Å². The van der Waals surface area contributed by atoms with Gasteiger partial charge in [0.05, 0.1) is 0 Å². The molecule has 0 atom stereocenters. The van der Waals surface area contributed by atoms with Gasteiger partial charge < -0.3 is 19.8 Å². The Morgan fingerprint density at radius 1 is 1.53 bits per heavy atom. The number of carboxylic acids is 1. The Bertz CT molecular complexity index is 463. The molecule has 0 radical (unpaired) electrons. The van der Waals surface area contributed by atoms with E-state index in [0.717, 1.165) is 32.0 Å². The molecule has 19 heavy (non-hydrogen) atoms. The smallest absolute Gasteiger partial charge is 0.374 e. The second-order valence-electron chi connectivity index (χ2n) is 4.84. The summed E-state index contributed by atoms with van der Waals surface area (Å²) in [5.74, 6) is -1.49. The molecule has 1 fully saturated rings. The van der Waals surface area contributed by atoms with E-state index in [-0.39, 0.29) is 11.5 Å². The van der Waals surface area contributed by atoms with Gasteiger partial charge in [-0.2, -0.15) is 0 Å². The number of nitrogens with one attached hydrogen (secondary N) is 1. The summed E-state index contributed by atoms with van der Waals surface area (Å²) >= 11 is 0. The molecule has 1 aromatic rings. The number of carbonyl (C=O) groups is 2. The van der Waals surface area contributed by atoms with Crippen molar-refractivity contribution in [2.45, 2.75) is 12.8 Å². The van der Waals surface area contributed by atoms with Gasteiger partial charge in [0, 0.05) is 12.6 Å². The zero-order valence-electron chi connectivity index (χ0n) is 10.8. The van der Waals surface area contributed by atoms with Gasteiger partial charge in [-0.3, -0.25) is 4.79 Å². The summed E-state index contributed by atoms with van der Waals surface area (Å²) < 4.78 is 4.54. The van der Waals surface area contributed by atoms with E-state index < -0.39 is 11.9 Å². The first-order chi connectivity index (χ1) is 9.06. The lowest BCUT2D eigenvalue weighted by molar-refractivity contribution is 0.0651. The first-order valence-corrected chi connectivity index (χ1v) is 6.23. The van der Waals surface area contributed by atoms with Crippen LogP contribution in [0.15, 0.2) is 10.6 Å². The Labute approximate surface area is 110 Å². The molecule has 0 aromatic carbocycles. The zero-order valence-corrected chi connectivity index (χ0v) is 10.8. The molecule has 7 nitrogen and oxygen atoms in total. The molecule has 0 unspecified atom stereocenters. The predicted molar refractivity (Wildman–Crippen MR) is 66.0 cm³/mol. The minimum atomic E-state index is -1.23. The van der Waals surface area contributed by atoms with Crippen molar-refractivity contribution >= 4 is 11.9 Å². The normalized spacial score (nSPS) is 17.3. The molecule has 1 aromatic heterocycles. The lowest BCUT2D eigenvalue weighted by atomic mass is 9.97. The summed E-state index contributed by atoms with van der Waals surface area (Å²) in [6, 6.07) is 1.13. The van der Waals surface area contributed by atoms with Crippen LogP contribution in [-0.2, 0) is 0 Å². The third-order valence-corrected chi connectivity index (χ3v) is 3.34. The molecular formula is C12H17N3O4. The fraction of sp³-hybridized carbons (Fsp3) is 0.583. The number of likely N-dealkylation sites (tertiary alicyclic amines) is 1. The van der Waals surface area contributed by atoms with Gasteiger partial charge in [-0.25, -0.2) is 4.79 Å². The Balaban J connectivity index is 1.82. The SMILES string of the molecule is CN1CCC(CNC(=O)c2cc(C(=O)O)on2)CC1. The molecule has 7 heteroatoms. The Hall–Kier alpha value is -1.89. The standard InChI is InChI=1S/C12H17N3O4/c1-15-4-2-8(3-5-15)7-13-11(16)9-6-10(12(17)18)19-14-9/h6,8H,2-5,7H2,1H3,(H,13,16)(H,17,18). The Morgan fingerprint density at radius 3 is 2.79 bits per heavy atom. The number of hydrogen-bond acceptors (Lipinski definition) is 5. The number of nitrogens with zero attached hydrogens (tertiary/aromatic N) is 2. The minimum absolute atomic E-state index is 0.00493. The molecule has 2 rings (SSSR count). The van der Waals surface area contributed by atoms with E-state index >= 15 is 0 Å². The number of rotatable bonds is 4. The number of piperidine rings is 1. The van der Waals surface area contributed by atoms with Crippen molar-refractivity contribution < 1.29 is 19.2 Å². The summed E-state index contributed by atoms with van der Waals surface area (Å²) in [5.41, 5.74) is 0.00493. The highest BCUT2D eigenvalue weighted by atomic mass is 16.5. The maximum atomic E-state index is 11.8. The Morgan fingerprint density at radius 2 is 2.21 bits per heavy atom. The van der Waals surface area contributed by atoms with Gasteiger partial charge in [0.25, 0.3) is 5.91 Å². The molecule has 2 heterocycles. The third-order valence-electron chi connectivity index (χ3n) is 3.34. The molecule has 0 bridgehead atoms. The Kier molecular flexibility index (Phi) is 4.16. The number of hydrogen-bond donors (Lipinski definition) is 2. The van der Waals surface area contributed by atoms with Crippen molar-refractivity contribution in [3.63, 3.8) is 0 Å². The highest BCUT2D eigenvalue weighted by Crippen LogP contribution is 2.15. The summed E-state index contributed by atoms with van der Waals surface area (Å²) in [5, 5.41) is 14.9. The number of carbonyl (C=O) groups excluding carboxylic acids is 1. The molecule has 1 aliphatic heterocycles. The van der Waals surface area contributed by atoms with E-state index in [9.17, 15) is 9.59 Å². The van der Waals surface area contributed by atoms with Crippen LogP contribution in [0, 0.1) is 5.92 Å². The van der Waals surface area contributed by atoms with E-state index in [1.54, 1.807) is 0 Å². The second kappa shape index (κ2) is 5.83. The average molecular weight is 267 g/mol.